The van der Waals surface area contributed by atoms with Crippen LogP contribution >= 0.6 is 0 Å². The van der Waals surface area contributed by atoms with Gasteiger partial charge in [0.2, 0.25) is 10.0 Å². The number of rotatable bonds is 4. The fourth-order valence-electron chi connectivity index (χ4n) is 4.17. The summed E-state index contributed by atoms with van der Waals surface area (Å²) in [4.78, 5) is 4.39. The van der Waals surface area contributed by atoms with Crippen LogP contribution in [0.2, 0.25) is 0 Å². The lowest BCUT2D eigenvalue weighted by molar-refractivity contribution is 0.192. The third kappa shape index (κ3) is 2.43. The van der Waals surface area contributed by atoms with Crippen LogP contribution in [-0.4, -0.2) is 41.5 Å². The van der Waals surface area contributed by atoms with Gasteiger partial charge >= 0.3 is 0 Å². The van der Waals surface area contributed by atoms with Gasteiger partial charge in [-0.15, -0.1) is 0 Å². The molecule has 4 rings (SSSR count). The summed E-state index contributed by atoms with van der Waals surface area (Å²) in [6, 6.07) is 7.29. The molecule has 1 aromatic heterocycles. The summed E-state index contributed by atoms with van der Waals surface area (Å²) < 4.78 is 35.6. The first-order valence-electron chi connectivity index (χ1n) is 8.25. The molecule has 6 nitrogen and oxygen atoms in total. The molecule has 7 heteroatoms. The van der Waals surface area contributed by atoms with E-state index in [2.05, 4.69) is 9.55 Å². The Kier molecular flexibility index (Phi) is 3.85. The van der Waals surface area contributed by atoms with E-state index in [-0.39, 0.29) is 17.0 Å². The van der Waals surface area contributed by atoms with E-state index in [0.29, 0.717) is 11.8 Å². The molecule has 128 valence electrons. The number of hydrogen-bond donors (Lipinski definition) is 0. The molecule has 24 heavy (non-hydrogen) atoms. The van der Waals surface area contributed by atoms with Gasteiger partial charge in [0, 0.05) is 30.5 Å². The molecule has 2 fully saturated rings. The van der Waals surface area contributed by atoms with Crippen LogP contribution in [0.4, 0.5) is 0 Å². The fourth-order valence-corrected chi connectivity index (χ4v) is 6.22. The zero-order valence-electron chi connectivity index (χ0n) is 13.6. The number of hydrogen-bond acceptors (Lipinski definition) is 4. The molecule has 1 aromatic carbocycles. The van der Waals surface area contributed by atoms with Crippen LogP contribution in [-0.2, 0) is 10.0 Å². The Balaban J connectivity index is 1.66. The lowest BCUT2D eigenvalue weighted by atomic mass is 10.00. The minimum absolute atomic E-state index is 0.0473. The zero-order valence-corrected chi connectivity index (χ0v) is 14.4. The second kappa shape index (κ2) is 5.89. The number of sulfonamides is 1. The molecule has 2 aromatic rings. The summed E-state index contributed by atoms with van der Waals surface area (Å²) in [7, 11) is -2.04. The maximum Gasteiger partial charge on any atom is 0.247 e. The average molecular weight is 347 g/mol. The molecular formula is C17H21N3O3S. The number of fused-ring (bicyclic) bond motifs is 2. The predicted octanol–water partition coefficient (Wildman–Crippen LogP) is 2.45. The highest BCUT2D eigenvalue weighted by atomic mass is 32.2. The van der Waals surface area contributed by atoms with Gasteiger partial charge in [-0.05, 0) is 37.8 Å². The van der Waals surface area contributed by atoms with Gasteiger partial charge in [-0.2, -0.15) is 4.31 Å². The van der Waals surface area contributed by atoms with E-state index in [4.69, 9.17) is 4.74 Å². The maximum absolute atomic E-state index is 13.2. The predicted molar refractivity (Wildman–Crippen MR) is 89.3 cm³/mol. The third-order valence-corrected chi connectivity index (χ3v) is 7.26. The largest absolute Gasteiger partial charge is 0.495 e. The Morgan fingerprint density at radius 2 is 1.83 bits per heavy atom. The number of piperidine rings is 1. The van der Waals surface area contributed by atoms with Crippen molar-refractivity contribution in [3.63, 3.8) is 0 Å². The molecule has 2 aliphatic rings. The van der Waals surface area contributed by atoms with Crippen molar-refractivity contribution in [3.05, 3.63) is 43.0 Å². The Hall–Kier alpha value is -1.86. The Morgan fingerprint density at radius 1 is 1.12 bits per heavy atom. The third-order valence-electron chi connectivity index (χ3n) is 5.21. The van der Waals surface area contributed by atoms with Gasteiger partial charge in [0.1, 0.15) is 10.6 Å². The molecule has 0 amide bonds. The van der Waals surface area contributed by atoms with Crippen molar-refractivity contribution in [2.75, 3.05) is 7.11 Å². The minimum atomic E-state index is -3.55. The summed E-state index contributed by atoms with van der Waals surface area (Å²) in [6.07, 6.45) is 9.08. The average Bonchev–Trinajstić information content (AvgIpc) is 3.22. The van der Waals surface area contributed by atoms with Gasteiger partial charge < -0.3 is 9.30 Å². The number of methoxy groups -OCH3 is 1. The Bertz CT molecular complexity index is 805. The van der Waals surface area contributed by atoms with Crippen molar-refractivity contribution >= 4 is 10.0 Å². The van der Waals surface area contributed by atoms with Gasteiger partial charge in [-0.3, -0.25) is 0 Å². The van der Waals surface area contributed by atoms with Crippen molar-refractivity contribution in [1.82, 2.24) is 13.9 Å². The van der Waals surface area contributed by atoms with E-state index in [1.54, 1.807) is 34.8 Å². The van der Waals surface area contributed by atoms with Crippen LogP contribution in [0.5, 0.6) is 5.75 Å². The van der Waals surface area contributed by atoms with E-state index < -0.39 is 10.0 Å². The topological polar surface area (TPSA) is 64.4 Å². The number of ether oxygens (including phenoxy) is 1. The minimum Gasteiger partial charge on any atom is -0.495 e. The molecule has 0 aliphatic carbocycles. The van der Waals surface area contributed by atoms with E-state index >= 15 is 0 Å². The summed E-state index contributed by atoms with van der Waals surface area (Å²) in [5.41, 5.74) is 0. The van der Waals surface area contributed by atoms with Crippen molar-refractivity contribution in [3.8, 4) is 5.75 Å². The fraction of sp³-hybridized carbons (Fsp3) is 0.471. The quantitative estimate of drug-likeness (QED) is 0.852. The molecule has 0 N–H and O–H groups in total. The molecule has 2 unspecified atom stereocenters. The van der Waals surface area contributed by atoms with Crippen LogP contribution in [0.1, 0.15) is 31.7 Å². The lowest BCUT2D eigenvalue weighted by Crippen LogP contribution is -2.46. The summed E-state index contributed by atoms with van der Waals surface area (Å²) in [6.45, 7) is 0. The molecule has 2 aliphatic heterocycles. The second-order valence-electron chi connectivity index (χ2n) is 6.51. The highest BCUT2D eigenvalue weighted by molar-refractivity contribution is 7.89. The van der Waals surface area contributed by atoms with Crippen LogP contribution in [0.3, 0.4) is 0 Å². The Morgan fingerprint density at radius 3 is 2.46 bits per heavy atom. The number of aromatic nitrogens is 2. The monoisotopic (exact) mass is 347 g/mol. The van der Waals surface area contributed by atoms with Crippen LogP contribution < -0.4 is 4.74 Å². The van der Waals surface area contributed by atoms with Crippen molar-refractivity contribution in [1.29, 1.82) is 0 Å². The molecule has 0 spiro atoms. The first kappa shape index (κ1) is 15.7. The molecule has 2 atom stereocenters. The SMILES string of the molecule is COc1ccccc1S(=O)(=O)N1C2CCC1CC(n1ccnc1)C2. The summed E-state index contributed by atoms with van der Waals surface area (Å²) in [5, 5.41) is 0. The van der Waals surface area contributed by atoms with E-state index in [0.717, 1.165) is 25.7 Å². The van der Waals surface area contributed by atoms with Crippen molar-refractivity contribution in [2.24, 2.45) is 0 Å². The molecule has 3 heterocycles. The Labute approximate surface area is 142 Å². The van der Waals surface area contributed by atoms with E-state index in [1.165, 1.54) is 7.11 Å². The van der Waals surface area contributed by atoms with Gasteiger partial charge in [-0.25, -0.2) is 13.4 Å². The standard InChI is InChI=1S/C17H21N3O3S/c1-23-16-4-2-3-5-17(16)24(21,22)20-13-6-7-14(20)11-15(10-13)19-9-8-18-12-19/h2-5,8-9,12-15H,6-7,10-11H2,1H3. The molecule has 2 saturated heterocycles. The molecule has 2 bridgehead atoms. The van der Waals surface area contributed by atoms with Crippen molar-refractivity contribution in [2.45, 2.75) is 48.7 Å². The van der Waals surface area contributed by atoms with E-state index in [9.17, 15) is 8.42 Å². The first-order valence-corrected chi connectivity index (χ1v) is 9.69. The second-order valence-corrected chi connectivity index (χ2v) is 8.32. The van der Waals surface area contributed by atoms with Gasteiger partial charge in [0.15, 0.2) is 0 Å². The number of para-hydroxylation sites is 1. The normalized spacial score (nSPS) is 27.3. The first-order chi connectivity index (χ1) is 11.6. The maximum atomic E-state index is 13.2. The van der Waals surface area contributed by atoms with Crippen LogP contribution in [0.25, 0.3) is 0 Å². The van der Waals surface area contributed by atoms with Gasteiger partial charge in [-0.1, -0.05) is 12.1 Å². The van der Waals surface area contributed by atoms with Crippen molar-refractivity contribution < 1.29 is 13.2 Å². The lowest BCUT2D eigenvalue weighted by Gasteiger charge is -2.38. The van der Waals surface area contributed by atoms with Gasteiger partial charge in [0.05, 0.1) is 13.4 Å². The number of nitrogens with zero attached hydrogens (tertiary/aromatic N) is 3. The van der Waals surface area contributed by atoms with E-state index in [1.807, 2.05) is 12.5 Å². The molecule has 0 saturated carbocycles. The molecular weight excluding hydrogens is 326 g/mol. The van der Waals surface area contributed by atoms with Crippen LogP contribution in [0.15, 0.2) is 47.9 Å². The highest BCUT2D eigenvalue weighted by Crippen LogP contribution is 2.44. The summed E-state index contributed by atoms with van der Waals surface area (Å²) in [5.74, 6) is 0.411. The van der Waals surface area contributed by atoms with Crippen LogP contribution in [0, 0.1) is 0 Å². The summed E-state index contributed by atoms with van der Waals surface area (Å²) >= 11 is 0. The smallest absolute Gasteiger partial charge is 0.247 e. The number of benzene rings is 1. The molecule has 0 radical (unpaired) electrons. The van der Waals surface area contributed by atoms with Gasteiger partial charge in [0.25, 0.3) is 0 Å². The zero-order chi connectivity index (χ0) is 16.7. The number of imidazole rings is 1. The highest BCUT2D eigenvalue weighted by Gasteiger charge is 2.48.